The molecule has 20 heavy (non-hydrogen) atoms. The molecular weight excluding hydrogens is 260 g/mol. The normalized spacial score (nSPS) is 13.7. The molecule has 1 fully saturated rings. The lowest BCUT2D eigenvalue weighted by Crippen LogP contribution is -2.33. The topological polar surface area (TPSA) is 78.9 Å². The minimum Gasteiger partial charge on any atom is -0.497 e. The summed E-state index contributed by atoms with van der Waals surface area (Å²) in [6, 6.07) is 4.16. The molecule has 0 aromatic heterocycles. The molecule has 0 radical (unpaired) electrons. The average molecular weight is 278 g/mol. The van der Waals surface area contributed by atoms with Crippen LogP contribution < -0.4 is 10.1 Å². The van der Waals surface area contributed by atoms with Crippen LogP contribution in [0.25, 0.3) is 0 Å². The number of benzene rings is 1. The number of nitrogens with one attached hydrogen (secondary N) is 1. The number of aromatic carboxylic acids is 1. The van der Waals surface area contributed by atoms with E-state index in [1.807, 2.05) is 0 Å². The van der Waals surface area contributed by atoms with Crippen molar-refractivity contribution in [3.8, 4) is 5.75 Å². The number of anilines is 1. The third-order valence-electron chi connectivity index (χ3n) is 3.27. The summed E-state index contributed by atoms with van der Waals surface area (Å²) < 4.78 is 5.05. The van der Waals surface area contributed by atoms with Crippen LogP contribution in [0.3, 0.4) is 0 Å². The lowest BCUT2D eigenvalue weighted by molar-refractivity contribution is 0.0698. The zero-order chi connectivity index (χ0) is 14.7. The molecule has 0 aliphatic heterocycles. The van der Waals surface area contributed by atoms with E-state index in [0.717, 1.165) is 12.8 Å². The molecule has 0 unspecified atom stereocenters. The Bertz CT molecular complexity index is 526. The van der Waals surface area contributed by atoms with Gasteiger partial charge in [-0.2, -0.15) is 0 Å². The fourth-order valence-corrected chi connectivity index (χ4v) is 1.92. The molecule has 0 saturated heterocycles. The number of amides is 2. The highest BCUT2D eigenvalue weighted by Gasteiger charge is 2.25. The largest absolute Gasteiger partial charge is 0.497 e. The van der Waals surface area contributed by atoms with Crippen LogP contribution in [0.4, 0.5) is 10.5 Å². The molecule has 0 atom stereocenters. The zero-order valence-corrected chi connectivity index (χ0v) is 11.5. The Hall–Kier alpha value is -2.24. The molecule has 1 saturated carbocycles. The van der Waals surface area contributed by atoms with Crippen molar-refractivity contribution in [3.63, 3.8) is 0 Å². The Balaban J connectivity index is 2.13. The van der Waals surface area contributed by atoms with Gasteiger partial charge in [-0.25, -0.2) is 9.59 Å². The first kappa shape index (κ1) is 14.2. The van der Waals surface area contributed by atoms with Crippen LogP contribution in [-0.2, 0) is 0 Å². The summed E-state index contributed by atoms with van der Waals surface area (Å²) in [5.41, 5.74) is 0.281. The summed E-state index contributed by atoms with van der Waals surface area (Å²) in [6.45, 7) is 0.693. The Kier molecular flexibility index (Phi) is 4.12. The lowest BCUT2D eigenvalue weighted by atomic mass is 10.1. The van der Waals surface area contributed by atoms with Gasteiger partial charge < -0.3 is 20.1 Å². The Labute approximate surface area is 117 Å². The van der Waals surface area contributed by atoms with Crippen LogP contribution in [0.5, 0.6) is 5.75 Å². The third kappa shape index (κ3) is 3.40. The van der Waals surface area contributed by atoms with E-state index in [1.54, 1.807) is 18.0 Å². The molecule has 1 aliphatic carbocycles. The molecule has 2 amide bonds. The number of urea groups is 1. The molecule has 1 aromatic rings. The zero-order valence-electron chi connectivity index (χ0n) is 11.5. The van der Waals surface area contributed by atoms with E-state index in [9.17, 15) is 9.59 Å². The monoisotopic (exact) mass is 278 g/mol. The van der Waals surface area contributed by atoms with Crippen LogP contribution in [0, 0.1) is 5.92 Å². The van der Waals surface area contributed by atoms with Crippen LogP contribution in [0.2, 0.25) is 0 Å². The van der Waals surface area contributed by atoms with Crippen molar-refractivity contribution in [2.45, 2.75) is 12.8 Å². The van der Waals surface area contributed by atoms with Gasteiger partial charge in [0.15, 0.2) is 0 Å². The Morgan fingerprint density at radius 3 is 2.70 bits per heavy atom. The number of ether oxygens (including phenoxy) is 1. The van der Waals surface area contributed by atoms with Gasteiger partial charge in [0.1, 0.15) is 5.75 Å². The van der Waals surface area contributed by atoms with Crippen LogP contribution in [-0.4, -0.2) is 42.7 Å². The van der Waals surface area contributed by atoms with Gasteiger partial charge in [-0.1, -0.05) is 0 Å². The van der Waals surface area contributed by atoms with Gasteiger partial charge in [-0.05, 0) is 30.9 Å². The molecule has 0 bridgehead atoms. The highest BCUT2D eigenvalue weighted by Crippen LogP contribution is 2.29. The highest BCUT2D eigenvalue weighted by molar-refractivity contribution is 6.00. The molecular formula is C14H18N2O4. The maximum atomic E-state index is 12.0. The van der Waals surface area contributed by atoms with Crippen molar-refractivity contribution in [1.29, 1.82) is 0 Å². The number of methoxy groups -OCH3 is 1. The number of carboxylic acid groups (broad SMARTS) is 1. The SMILES string of the molecule is COc1ccc(C(=O)O)c(NC(=O)N(C)CC2CC2)c1. The van der Waals surface area contributed by atoms with E-state index >= 15 is 0 Å². The molecule has 6 heteroatoms. The molecule has 1 aromatic carbocycles. The molecule has 0 heterocycles. The van der Waals surface area contributed by atoms with Crippen LogP contribution in [0.15, 0.2) is 18.2 Å². The first-order chi connectivity index (χ1) is 9.51. The number of carbonyl (C=O) groups is 2. The summed E-state index contributed by atoms with van der Waals surface area (Å²) >= 11 is 0. The van der Waals surface area contributed by atoms with Crippen molar-refractivity contribution in [2.24, 2.45) is 5.92 Å². The van der Waals surface area contributed by atoms with Gasteiger partial charge in [0.05, 0.1) is 18.4 Å². The van der Waals surface area contributed by atoms with Crippen molar-refractivity contribution >= 4 is 17.7 Å². The third-order valence-corrected chi connectivity index (χ3v) is 3.27. The van der Waals surface area contributed by atoms with Gasteiger partial charge in [0, 0.05) is 19.7 Å². The van der Waals surface area contributed by atoms with Gasteiger partial charge >= 0.3 is 12.0 Å². The van der Waals surface area contributed by atoms with Gasteiger partial charge in [0.2, 0.25) is 0 Å². The first-order valence-corrected chi connectivity index (χ1v) is 6.44. The van der Waals surface area contributed by atoms with Gasteiger partial charge in [-0.15, -0.1) is 0 Å². The quantitative estimate of drug-likeness (QED) is 0.866. The molecule has 2 N–H and O–H groups in total. The fraction of sp³-hybridized carbons (Fsp3) is 0.429. The van der Waals surface area contributed by atoms with Gasteiger partial charge in [0.25, 0.3) is 0 Å². The molecule has 6 nitrogen and oxygen atoms in total. The smallest absolute Gasteiger partial charge is 0.337 e. The summed E-state index contributed by atoms with van der Waals surface area (Å²) in [5, 5.41) is 11.8. The number of carboxylic acids is 1. The number of hydrogen-bond donors (Lipinski definition) is 2. The second kappa shape index (κ2) is 5.81. The predicted octanol–water partition coefficient (Wildman–Crippen LogP) is 2.27. The first-order valence-electron chi connectivity index (χ1n) is 6.44. The fourth-order valence-electron chi connectivity index (χ4n) is 1.92. The maximum Gasteiger partial charge on any atom is 0.337 e. The number of carbonyl (C=O) groups excluding carboxylic acids is 1. The van der Waals surface area contributed by atoms with Crippen LogP contribution in [0.1, 0.15) is 23.2 Å². The van der Waals surface area contributed by atoms with Crippen LogP contribution >= 0.6 is 0 Å². The standard InChI is InChI=1S/C14H18N2O4/c1-16(8-9-3-4-9)14(19)15-12-7-10(20-2)5-6-11(12)13(17)18/h5-7,9H,3-4,8H2,1-2H3,(H,15,19)(H,17,18). The second-order valence-corrected chi connectivity index (χ2v) is 4.97. The summed E-state index contributed by atoms with van der Waals surface area (Å²) in [7, 11) is 3.19. The number of rotatable bonds is 5. The maximum absolute atomic E-state index is 12.0. The van der Waals surface area contributed by atoms with E-state index in [2.05, 4.69) is 5.32 Å². The van der Waals surface area contributed by atoms with E-state index < -0.39 is 5.97 Å². The summed E-state index contributed by atoms with van der Waals surface area (Å²) in [6.07, 6.45) is 2.30. The summed E-state index contributed by atoms with van der Waals surface area (Å²) in [4.78, 5) is 24.8. The minimum atomic E-state index is -1.09. The Morgan fingerprint density at radius 1 is 1.45 bits per heavy atom. The molecule has 1 aliphatic rings. The molecule has 2 rings (SSSR count). The summed E-state index contributed by atoms with van der Waals surface area (Å²) in [5.74, 6) is -0.0158. The number of hydrogen-bond acceptors (Lipinski definition) is 3. The molecule has 108 valence electrons. The minimum absolute atomic E-state index is 0.0407. The lowest BCUT2D eigenvalue weighted by Gasteiger charge is -2.18. The van der Waals surface area contributed by atoms with E-state index in [-0.39, 0.29) is 17.3 Å². The van der Waals surface area contributed by atoms with Crippen molar-refractivity contribution in [3.05, 3.63) is 23.8 Å². The van der Waals surface area contributed by atoms with Crippen molar-refractivity contribution in [1.82, 2.24) is 4.90 Å². The second-order valence-electron chi connectivity index (χ2n) is 4.97. The molecule has 0 spiro atoms. The van der Waals surface area contributed by atoms with E-state index in [1.165, 1.54) is 19.2 Å². The number of nitrogens with zero attached hydrogens (tertiary/aromatic N) is 1. The van der Waals surface area contributed by atoms with Crippen molar-refractivity contribution in [2.75, 3.05) is 26.0 Å². The van der Waals surface area contributed by atoms with Crippen molar-refractivity contribution < 1.29 is 19.4 Å². The van der Waals surface area contributed by atoms with Gasteiger partial charge in [-0.3, -0.25) is 0 Å². The average Bonchev–Trinajstić information content (AvgIpc) is 3.22. The Morgan fingerprint density at radius 2 is 2.15 bits per heavy atom. The van der Waals surface area contributed by atoms with E-state index in [4.69, 9.17) is 9.84 Å². The highest BCUT2D eigenvalue weighted by atomic mass is 16.5. The van der Waals surface area contributed by atoms with E-state index in [0.29, 0.717) is 18.2 Å². The predicted molar refractivity (Wildman–Crippen MR) is 74.3 cm³/mol.